The molecule has 0 bridgehead atoms. The van der Waals surface area contributed by atoms with Crippen molar-refractivity contribution in [2.24, 2.45) is 11.8 Å². The summed E-state index contributed by atoms with van der Waals surface area (Å²) >= 11 is 0. The molecule has 0 amide bonds. The van der Waals surface area contributed by atoms with E-state index < -0.39 is 0 Å². The van der Waals surface area contributed by atoms with E-state index in [1.807, 2.05) is 12.1 Å². The van der Waals surface area contributed by atoms with Gasteiger partial charge in [-0.25, -0.2) is 4.39 Å². The number of rotatable bonds is 5. The van der Waals surface area contributed by atoms with E-state index in [-0.39, 0.29) is 5.82 Å². The third-order valence-corrected chi connectivity index (χ3v) is 4.16. The highest BCUT2D eigenvalue weighted by molar-refractivity contribution is 5.25. The molecule has 1 fully saturated rings. The van der Waals surface area contributed by atoms with E-state index in [0.29, 0.717) is 17.9 Å². The average Bonchev–Trinajstić information content (AvgIpc) is 2.38. The van der Waals surface area contributed by atoms with Crippen LogP contribution in [0.3, 0.4) is 0 Å². The Kier molecular flexibility index (Phi) is 5.77. The van der Waals surface area contributed by atoms with Gasteiger partial charge in [0, 0.05) is 37.8 Å². The van der Waals surface area contributed by atoms with E-state index in [1.165, 1.54) is 12.0 Å². The molecule has 1 aromatic carbocycles. The van der Waals surface area contributed by atoms with Crippen LogP contribution < -0.4 is 5.32 Å². The number of nitrogens with one attached hydrogen (secondary N) is 1. The lowest BCUT2D eigenvalue weighted by Crippen LogP contribution is -2.38. The van der Waals surface area contributed by atoms with Crippen LogP contribution >= 0.6 is 0 Å². The molecule has 1 aliphatic heterocycles. The lowest BCUT2D eigenvalue weighted by Gasteiger charge is -2.35. The molecule has 2 rings (SSSR count). The van der Waals surface area contributed by atoms with Gasteiger partial charge < -0.3 is 5.32 Å². The van der Waals surface area contributed by atoms with Gasteiger partial charge >= 0.3 is 0 Å². The predicted octanol–water partition coefficient (Wildman–Crippen LogP) is 3.80. The third kappa shape index (κ3) is 5.08. The Labute approximate surface area is 128 Å². The van der Waals surface area contributed by atoms with E-state index in [1.54, 1.807) is 6.07 Å². The zero-order chi connectivity index (χ0) is 15.4. The van der Waals surface area contributed by atoms with Crippen LogP contribution in [0, 0.1) is 17.7 Å². The van der Waals surface area contributed by atoms with Gasteiger partial charge in [0.25, 0.3) is 0 Å². The topological polar surface area (TPSA) is 15.3 Å². The first-order valence-corrected chi connectivity index (χ1v) is 8.17. The smallest absolute Gasteiger partial charge is 0.127 e. The van der Waals surface area contributed by atoms with Gasteiger partial charge in [-0.2, -0.15) is 0 Å². The normalized spacial score (nSPS) is 23.7. The Hall–Kier alpha value is -0.930. The summed E-state index contributed by atoms with van der Waals surface area (Å²) in [6.07, 6.45) is 1.29. The van der Waals surface area contributed by atoms with Crippen LogP contribution in [0.25, 0.3) is 0 Å². The summed E-state index contributed by atoms with van der Waals surface area (Å²) < 4.78 is 14.1. The summed E-state index contributed by atoms with van der Waals surface area (Å²) in [5.74, 6) is 1.35. The van der Waals surface area contributed by atoms with Crippen molar-refractivity contribution in [3.05, 3.63) is 35.1 Å². The molecular formula is C18H29FN2. The van der Waals surface area contributed by atoms with Crippen molar-refractivity contribution in [3.63, 3.8) is 0 Å². The molecule has 0 radical (unpaired) electrons. The maximum atomic E-state index is 14.1. The van der Waals surface area contributed by atoms with Gasteiger partial charge in [-0.05, 0) is 29.9 Å². The van der Waals surface area contributed by atoms with Crippen LogP contribution in [0.2, 0.25) is 0 Å². The number of nitrogens with zero attached hydrogens (tertiary/aromatic N) is 1. The Morgan fingerprint density at radius 1 is 1.24 bits per heavy atom. The van der Waals surface area contributed by atoms with E-state index >= 15 is 0 Å². The first-order chi connectivity index (χ1) is 9.94. The SMILES string of the molecule is CC1CC(C)CN(Cc2cc(CNC(C)C)ccc2F)C1. The molecular weight excluding hydrogens is 263 g/mol. The summed E-state index contributed by atoms with van der Waals surface area (Å²) in [6, 6.07) is 5.97. The molecule has 2 atom stereocenters. The lowest BCUT2D eigenvalue weighted by atomic mass is 9.91. The van der Waals surface area contributed by atoms with Crippen LogP contribution in [-0.4, -0.2) is 24.0 Å². The Morgan fingerprint density at radius 2 is 1.90 bits per heavy atom. The van der Waals surface area contributed by atoms with Gasteiger partial charge in [0.2, 0.25) is 0 Å². The third-order valence-electron chi connectivity index (χ3n) is 4.16. The van der Waals surface area contributed by atoms with Gasteiger partial charge in [-0.3, -0.25) is 4.90 Å². The molecule has 0 aromatic heterocycles. The molecule has 1 N–H and O–H groups in total. The monoisotopic (exact) mass is 292 g/mol. The Morgan fingerprint density at radius 3 is 2.52 bits per heavy atom. The molecule has 1 saturated heterocycles. The summed E-state index contributed by atoms with van der Waals surface area (Å²) in [5, 5.41) is 3.39. The number of likely N-dealkylation sites (tertiary alicyclic amines) is 1. The van der Waals surface area contributed by atoms with Crippen LogP contribution in [0.15, 0.2) is 18.2 Å². The van der Waals surface area contributed by atoms with Crippen molar-refractivity contribution in [2.75, 3.05) is 13.1 Å². The molecule has 21 heavy (non-hydrogen) atoms. The molecule has 1 aromatic rings. The van der Waals surface area contributed by atoms with E-state index in [9.17, 15) is 4.39 Å². The van der Waals surface area contributed by atoms with Gasteiger partial charge in [0.1, 0.15) is 5.82 Å². The van der Waals surface area contributed by atoms with Crippen LogP contribution in [-0.2, 0) is 13.1 Å². The number of halogens is 1. The van der Waals surface area contributed by atoms with Crippen molar-refractivity contribution in [1.29, 1.82) is 0 Å². The van der Waals surface area contributed by atoms with E-state index in [2.05, 4.69) is 37.9 Å². The van der Waals surface area contributed by atoms with Crippen LogP contribution in [0.1, 0.15) is 45.2 Å². The quantitative estimate of drug-likeness (QED) is 0.888. The number of piperidine rings is 1. The van der Waals surface area contributed by atoms with Gasteiger partial charge in [-0.1, -0.05) is 39.8 Å². The predicted molar refractivity (Wildman–Crippen MR) is 86.6 cm³/mol. The molecule has 0 spiro atoms. The molecule has 118 valence electrons. The van der Waals surface area contributed by atoms with Crippen molar-refractivity contribution in [3.8, 4) is 0 Å². The van der Waals surface area contributed by atoms with Crippen LogP contribution in [0.5, 0.6) is 0 Å². The summed E-state index contributed by atoms with van der Waals surface area (Å²) in [5.41, 5.74) is 2.00. The largest absolute Gasteiger partial charge is 0.310 e. The lowest BCUT2D eigenvalue weighted by molar-refractivity contribution is 0.133. The first-order valence-electron chi connectivity index (χ1n) is 8.17. The van der Waals surface area contributed by atoms with E-state index in [4.69, 9.17) is 0 Å². The minimum Gasteiger partial charge on any atom is -0.310 e. The molecule has 0 saturated carbocycles. The minimum absolute atomic E-state index is 0.0748. The Balaban J connectivity index is 2.02. The summed E-state index contributed by atoms with van der Waals surface area (Å²) in [4.78, 5) is 2.40. The fourth-order valence-electron chi connectivity index (χ4n) is 3.34. The number of hydrogen-bond acceptors (Lipinski definition) is 2. The molecule has 1 aliphatic rings. The highest BCUT2D eigenvalue weighted by Crippen LogP contribution is 2.23. The zero-order valence-electron chi connectivity index (χ0n) is 13.8. The number of benzene rings is 1. The van der Waals surface area contributed by atoms with Crippen LogP contribution in [0.4, 0.5) is 4.39 Å². The molecule has 2 nitrogen and oxygen atoms in total. The minimum atomic E-state index is -0.0748. The molecule has 3 heteroatoms. The van der Waals surface area contributed by atoms with Crippen molar-refractivity contribution < 1.29 is 4.39 Å². The highest BCUT2D eigenvalue weighted by Gasteiger charge is 2.22. The average molecular weight is 292 g/mol. The fraction of sp³-hybridized carbons (Fsp3) is 0.667. The summed E-state index contributed by atoms with van der Waals surface area (Å²) in [6.45, 7) is 12.5. The maximum absolute atomic E-state index is 14.1. The van der Waals surface area contributed by atoms with Crippen molar-refractivity contribution in [1.82, 2.24) is 10.2 Å². The number of hydrogen-bond donors (Lipinski definition) is 1. The zero-order valence-corrected chi connectivity index (χ0v) is 13.8. The standard InChI is InChI=1S/C18H29FN2/c1-13(2)20-9-16-5-6-18(19)17(8-16)12-21-10-14(3)7-15(4)11-21/h5-6,8,13-15,20H,7,9-12H2,1-4H3. The van der Waals surface area contributed by atoms with Gasteiger partial charge in [0.05, 0.1) is 0 Å². The van der Waals surface area contributed by atoms with E-state index in [0.717, 1.165) is 31.7 Å². The molecule has 0 aliphatic carbocycles. The highest BCUT2D eigenvalue weighted by atomic mass is 19.1. The maximum Gasteiger partial charge on any atom is 0.127 e. The molecule has 2 unspecified atom stereocenters. The van der Waals surface area contributed by atoms with Gasteiger partial charge in [-0.15, -0.1) is 0 Å². The second kappa shape index (κ2) is 7.37. The second-order valence-electron chi connectivity index (χ2n) is 7.10. The van der Waals surface area contributed by atoms with Gasteiger partial charge in [0.15, 0.2) is 0 Å². The first kappa shape index (κ1) is 16.4. The Bertz CT molecular complexity index is 449. The fourth-order valence-corrected chi connectivity index (χ4v) is 3.34. The van der Waals surface area contributed by atoms with Crippen molar-refractivity contribution in [2.45, 2.75) is 53.2 Å². The second-order valence-corrected chi connectivity index (χ2v) is 7.10. The summed E-state index contributed by atoms with van der Waals surface area (Å²) in [7, 11) is 0. The van der Waals surface area contributed by atoms with Crippen molar-refractivity contribution >= 4 is 0 Å². The molecule has 1 heterocycles.